The zero-order valence-corrected chi connectivity index (χ0v) is 18.5. The van der Waals surface area contributed by atoms with Crippen LogP contribution < -0.4 is 10.4 Å². The molecular formula is C24H26O5Si. The Morgan fingerprint density at radius 1 is 1.03 bits per heavy atom. The van der Waals surface area contributed by atoms with E-state index in [1.54, 1.807) is 0 Å². The molecule has 2 aromatic rings. The Morgan fingerprint density at radius 3 is 2.10 bits per heavy atom. The first-order valence-corrected chi connectivity index (χ1v) is 12.7. The van der Waals surface area contributed by atoms with E-state index in [-0.39, 0.29) is 0 Å². The molecule has 1 saturated heterocycles. The van der Waals surface area contributed by atoms with Crippen molar-refractivity contribution in [2.75, 3.05) is 7.11 Å². The van der Waals surface area contributed by atoms with E-state index < -0.39 is 31.3 Å². The van der Waals surface area contributed by atoms with Gasteiger partial charge < -0.3 is 14.2 Å². The molecule has 2 atom stereocenters. The second-order valence-electron chi connectivity index (χ2n) is 8.10. The predicted octanol–water partition coefficient (Wildman–Crippen LogP) is 2.73. The molecule has 0 saturated carbocycles. The number of hydrogen-bond acceptors (Lipinski definition) is 5. The molecule has 0 unspecified atom stereocenters. The highest BCUT2D eigenvalue weighted by atomic mass is 28.3. The molecule has 0 radical (unpaired) electrons. The third-order valence-corrected chi connectivity index (χ3v) is 11.9. The summed E-state index contributed by atoms with van der Waals surface area (Å²) < 4.78 is 17.3. The van der Waals surface area contributed by atoms with Crippen LogP contribution in [-0.2, 0) is 23.8 Å². The van der Waals surface area contributed by atoms with Crippen molar-refractivity contribution in [1.29, 1.82) is 0 Å². The zero-order valence-electron chi connectivity index (χ0n) is 17.5. The Kier molecular flexibility index (Phi) is 5.38. The molecule has 30 heavy (non-hydrogen) atoms. The molecule has 0 aliphatic carbocycles. The normalized spacial score (nSPS) is 23.2. The van der Waals surface area contributed by atoms with E-state index in [2.05, 4.69) is 55.1 Å². The van der Waals surface area contributed by atoms with E-state index in [1.807, 2.05) is 12.1 Å². The summed E-state index contributed by atoms with van der Waals surface area (Å²) in [5, 5.41) is 1.98. The Balaban J connectivity index is 1.90. The highest BCUT2D eigenvalue weighted by molar-refractivity contribution is 7.03. The molecule has 5 nitrogen and oxygen atoms in total. The molecule has 2 heterocycles. The van der Waals surface area contributed by atoms with Gasteiger partial charge >= 0.3 is 11.9 Å². The van der Waals surface area contributed by atoms with Gasteiger partial charge in [0.05, 0.1) is 18.4 Å². The number of benzene rings is 2. The summed E-state index contributed by atoms with van der Waals surface area (Å²) in [5.74, 6) is -0.533. The quantitative estimate of drug-likeness (QED) is 0.548. The number of hydrogen-bond donors (Lipinski definition) is 0. The van der Waals surface area contributed by atoms with Crippen molar-refractivity contribution < 1.29 is 23.8 Å². The first-order valence-electron chi connectivity index (χ1n) is 10.2. The van der Waals surface area contributed by atoms with Gasteiger partial charge in [0.1, 0.15) is 19.4 Å². The lowest BCUT2D eigenvalue weighted by Gasteiger charge is -2.47. The minimum atomic E-state index is -2.48. The minimum absolute atomic E-state index is 0.346. The maximum Gasteiger partial charge on any atom is 0.339 e. The molecule has 2 aliphatic rings. The average Bonchev–Trinajstić information content (AvgIpc) is 3.12. The van der Waals surface area contributed by atoms with E-state index in [1.165, 1.54) is 24.4 Å². The first-order chi connectivity index (χ1) is 14.4. The summed E-state index contributed by atoms with van der Waals surface area (Å²) in [7, 11) is -1.14. The Hall–Kier alpha value is -2.70. The number of carbonyl (C=O) groups excluding carboxylic acids is 2. The van der Waals surface area contributed by atoms with Gasteiger partial charge in [-0.3, -0.25) is 4.79 Å². The summed E-state index contributed by atoms with van der Waals surface area (Å²) in [6.45, 7) is 3.67. The second kappa shape index (κ2) is 7.85. The van der Waals surface area contributed by atoms with Gasteiger partial charge in [0, 0.05) is 13.3 Å². The molecule has 2 aromatic carbocycles. The third kappa shape index (κ3) is 3.20. The van der Waals surface area contributed by atoms with Crippen LogP contribution in [0.4, 0.5) is 0 Å². The van der Waals surface area contributed by atoms with Gasteiger partial charge in [-0.1, -0.05) is 77.6 Å². The molecule has 0 amide bonds. The fourth-order valence-corrected chi connectivity index (χ4v) is 9.66. The van der Waals surface area contributed by atoms with Gasteiger partial charge in [0.2, 0.25) is 0 Å². The SMILES string of the molecule is COC(=O)C1=C(OC(C)=O)C[C@@]2([Si](C)(c3ccccc3)c3ccccc3)CC[C@@H]1O2. The van der Waals surface area contributed by atoms with Gasteiger partial charge in [-0.05, 0) is 12.8 Å². The number of esters is 2. The summed E-state index contributed by atoms with van der Waals surface area (Å²) in [5.41, 5.74) is 0.346. The predicted molar refractivity (Wildman–Crippen MR) is 116 cm³/mol. The fraction of sp³-hybridized carbons (Fsp3) is 0.333. The summed E-state index contributed by atoms with van der Waals surface area (Å²) in [6, 6.07) is 20.9. The lowest BCUT2D eigenvalue weighted by atomic mass is 10.1. The smallest absolute Gasteiger partial charge is 0.339 e. The maximum absolute atomic E-state index is 12.5. The highest BCUT2D eigenvalue weighted by Crippen LogP contribution is 2.49. The standard InChI is InChI=1S/C24H26O5Si/c1-17(25)28-21-16-24(15-14-20(29-24)22(21)23(26)27-2)30(3,18-10-6-4-7-11-18)19-12-8-5-9-13-19/h4-13,20H,14-16H2,1-3H3/t20-,24-/m0/s1. The van der Waals surface area contributed by atoms with Crippen molar-refractivity contribution in [1.82, 2.24) is 0 Å². The molecule has 2 aliphatic heterocycles. The minimum Gasteiger partial charge on any atom is -0.465 e. The van der Waals surface area contributed by atoms with E-state index in [0.29, 0.717) is 24.2 Å². The number of ether oxygens (including phenoxy) is 3. The number of carbonyl (C=O) groups is 2. The zero-order chi connectivity index (χ0) is 21.4. The van der Waals surface area contributed by atoms with Gasteiger partial charge in [0.15, 0.2) is 0 Å². The van der Waals surface area contributed by atoms with E-state index >= 15 is 0 Å². The van der Waals surface area contributed by atoms with Crippen LogP contribution in [0.15, 0.2) is 72.0 Å². The largest absolute Gasteiger partial charge is 0.465 e. The van der Waals surface area contributed by atoms with Gasteiger partial charge in [-0.15, -0.1) is 0 Å². The van der Waals surface area contributed by atoms with Crippen LogP contribution >= 0.6 is 0 Å². The van der Waals surface area contributed by atoms with Crippen molar-refractivity contribution in [3.8, 4) is 0 Å². The summed E-state index contributed by atoms with van der Waals surface area (Å²) >= 11 is 0. The van der Waals surface area contributed by atoms with Crippen molar-refractivity contribution in [2.24, 2.45) is 0 Å². The van der Waals surface area contributed by atoms with Crippen LogP contribution in [0.3, 0.4) is 0 Å². The molecule has 0 spiro atoms. The van der Waals surface area contributed by atoms with Crippen molar-refractivity contribution in [2.45, 2.75) is 44.1 Å². The molecule has 0 aromatic heterocycles. The maximum atomic E-state index is 12.5. The van der Waals surface area contributed by atoms with Crippen LogP contribution in [0.5, 0.6) is 0 Å². The Labute approximate surface area is 177 Å². The summed E-state index contributed by atoms with van der Waals surface area (Å²) in [4.78, 5) is 24.4. The number of fused-ring (bicyclic) bond motifs is 2. The van der Waals surface area contributed by atoms with Crippen molar-refractivity contribution >= 4 is 30.4 Å². The topological polar surface area (TPSA) is 61.8 Å². The monoisotopic (exact) mass is 422 g/mol. The molecular weight excluding hydrogens is 396 g/mol. The van der Waals surface area contributed by atoms with Crippen molar-refractivity contribution in [3.05, 3.63) is 72.0 Å². The van der Waals surface area contributed by atoms with Crippen LogP contribution in [0.25, 0.3) is 0 Å². The lowest BCUT2D eigenvalue weighted by molar-refractivity contribution is -0.142. The van der Waals surface area contributed by atoms with E-state index in [9.17, 15) is 9.59 Å². The van der Waals surface area contributed by atoms with Crippen LogP contribution in [0.1, 0.15) is 26.2 Å². The van der Waals surface area contributed by atoms with Gasteiger partial charge in [-0.25, -0.2) is 4.79 Å². The summed E-state index contributed by atoms with van der Waals surface area (Å²) in [6.07, 6.45) is 1.42. The van der Waals surface area contributed by atoms with Crippen LogP contribution in [0, 0.1) is 0 Å². The molecule has 4 rings (SSSR count). The molecule has 2 bridgehead atoms. The van der Waals surface area contributed by atoms with Crippen molar-refractivity contribution in [3.63, 3.8) is 0 Å². The van der Waals surface area contributed by atoms with Crippen LogP contribution in [-0.4, -0.2) is 38.5 Å². The highest BCUT2D eigenvalue weighted by Gasteiger charge is 2.61. The number of methoxy groups -OCH3 is 1. The third-order valence-electron chi connectivity index (χ3n) is 6.53. The molecule has 1 fully saturated rings. The van der Waals surface area contributed by atoms with Crippen LogP contribution in [0.2, 0.25) is 6.55 Å². The van der Waals surface area contributed by atoms with Gasteiger partial charge in [-0.2, -0.15) is 0 Å². The van der Waals surface area contributed by atoms with E-state index in [0.717, 1.165) is 6.42 Å². The Bertz CT molecular complexity index is 946. The average molecular weight is 423 g/mol. The molecule has 156 valence electrons. The first kappa shape index (κ1) is 20.6. The number of rotatable bonds is 5. The van der Waals surface area contributed by atoms with Gasteiger partial charge in [0.25, 0.3) is 0 Å². The van der Waals surface area contributed by atoms with E-state index in [4.69, 9.17) is 14.2 Å². The Morgan fingerprint density at radius 2 is 1.60 bits per heavy atom. The fourth-order valence-electron chi connectivity index (χ4n) is 5.02. The molecule has 6 heteroatoms. The lowest BCUT2D eigenvalue weighted by Crippen LogP contribution is -2.72. The second-order valence-corrected chi connectivity index (χ2v) is 12.4. The molecule has 0 N–H and O–H groups in total.